The Bertz CT molecular complexity index is 2150. The predicted molar refractivity (Wildman–Crippen MR) is 177 cm³/mol. The van der Waals surface area contributed by atoms with E-state index in [2.05, 4.69) is 4.98 Å². The van der Waals surface area contributed by atoms with E-state index in [0.717, 1.165) is 18.2 Å². The van der Waals surface area contributed by atoms with Crippen molar-refractivity contribution in [2.75, 3.05) is 27.4 Å². The number of benzene rings is 3. The number of fused-ring (bicyclic) bond motifs is 1. The highest BCUT2D eigenvalue weighted by Gasteiger charge is 2.31. The summed E-state index contributed by atoms with van der Waals surface area (Å²) in [7, 11) is 2.98. The van der Waals surface area contributed by atoms with E-state index in [1.807, 2.05) is 0 Å². The molecular formula is C36H32F2N4O7. The Morgan fingerprint density at radius 1 is 0.878 bits per heavy atom. The second-order valence-electron chi connectivity index (χ2n) is 11.5. The molecule has 0 saturated carbocycles. The highest BCUT2D eigenvalue weighted by atomic mass is 19.1. The van der Waals surface area contributed by atoms with Crippen molar-refractivity contribution in [2.24, 2.45) is 17.4 Å². The molecule has 3 aromatic carbocycles. The number of carbonyl (C=O) groups excluding carboxylic acids is 2. The lowest BCUT2D eigenvalue weighted by atomic mass is 9.93. The van der Waals surface area contributed by atoms with Gasteiger partial charge in [-0.05, 0) is 66.8 Å². The number of ether oxygens (including phenoxy) is 4. The SMILES string of the molecule is COc1cc2nccc(Oc3ccc(-c4c(C(N)=O)c(=O)c(-c5ccc(F)cc5)c(C(N)=O)n4CC4CCOCC4)cc3F)c2cc1OC. The van der Waals surface area contributed by atoms with Crippen LogP contribution in [0.2, 0.25) is 0 Å². The first kappa shape index (κ1) is 33.1. The molecule has 0 unspecified atom stereocenters. The molecule has 0 aliphatic carbocycles. The summed E-state index contributed by atoms with van der Waals surface area (Å²) in [5.41, 5.74) is 10.6. The van der Waals surface area contributed by atoms with Crippen molar-refractivity contribution in [1.29, 1.82) is 0 Å². The summed E-state index contributed by atoms with van der Waals surface area (Å²) in [6.07, 6.45) is 2.72. The maximum atomic E-state index is 16.0. The van der Waals surface area contributed by atoms with Gasteiger partial charge in [0.1, 0.15) is 22.8 Å². The van der Waals surface area contributed by atoms with Crippen LogP contribution in [0.3, 0.4) is 0 Å². The van der Waals surface area contributed by atoms with E-state index >= 15 is 4.39 Å². The molecule has 1 aliphatic rings. The van der Waals surface area contributed by atoms with Gasteiger partial charge in [-0.15, -0.1) is 0 Å². The lowest BCUT2D eigenvalue weighted by molar-refractivity contribution is 0.0609. The van der Waals surface area contributed by atoms with E-state index in [-0.39, 0.29) is 52.0 Å². The molecule has 1 fully saturated rings. The molecule has 6 rings (SSSR count). The number of primary amides is 2. The van der Waals surface area contributed by atoms with E-state index in [0.29, 0.717) is 48.5 Å². The Hall–Kier alpha value is -5.82. The summed E-state index contributed by atoms with van der Waals surface area (Å²) in [6, 6.07) is 13.6. The van der Waals surface area contributed by atoms with Crippen molar-refractivity contribution in [3.8, 4) is 45.4 Å². The molecule has 2 amide bonds. The molecule has 11 nitrogen and oxygen atoms in total. The van der Waals surface area contributed by atoms with Gasteiger partial charge in [-0.2, -0.15) is 0 Å². The lowest BCUT2D eigenvalue weighted by Gasteiger charge is -2.28. The number of aromatic nitrogens is 2. The van der Waals surface area contributed by atoms with Crippen molar-refractivity contribution < 1.29 is 37.3 Å². The van der Waals surface area contributed by atoms with E-state index in [1.165, 1.54) is 49.2 Å². The fourth-order valence-electron chi connectivity index (χ4n) is 6.15. The maximum Gasteiger partial charge on any atom is 0.266 e. The monoisotopic (exact) mass is 670 g/mol. The Morgan fingerprint density at radius 2 is 1.55 bits per heavy atom. The van der Waals surface area contributed by atoms with Crippen molar-refractivity contribution in [2.45, 2.75) is 19.4 Å². The number of hydrogen-bond donors (Lipinski definition) is 2. The normalized spacial score (nSPS) is 13.3. The number of pyridine rings is 2. The van der Waals surface area contributed by atoms with Crippen LogP contribution in [0, 0.1) is 17.6 Å². The summed E-state index contributed by atoms with van der Waals surface area (Å²) in [6.45, 7) is 1.05. The van der Waals surface area contributed by atoms with Crippen LogP contribution in [-0.2, 0) is 11.3 Å². The molecule has 0 spiro atoms. The second-order valence-corrected chi connectivity index (χ2v) is 11.5. The van der Waals surface area contributed by atoms with Crippen molar-refractivity contribution in [1.82, 2.24) is 9.55 Å². The molecular weight excluding hydrogens is 638 g/mol. The molecule has 2 aromatic heterocycles. The summed E-state index contributed by atoms with van der Waals surface area (Å²) >= 11 is 0. The third-order valence-electron chi connectivity index (χ3n) is 8.49. The maximum absolute atomic E-state index is 16.0. The van der Waals surface area contributed by atoms with Crippen LogP contribution in [0.15, 0.2) is 71.7 Å². The first-order valence-corrected chi connectivity index (χ1v) is 15.3. The smallest absolute Gasteiger partial charge is 0.266 e. The molecule has 252 valence electrons. The average molecular weight is 671 g/mol. The average Bonchev–Trinajstić information content (AvgIpc) is 3.09. The Morgan fingerprint density at radius 3 is 2.18 bits per heavy atom. The molecule has 0 atom stereocenters. The number of nitrogens with two attached hydrogens (primary N) is 2. The summed E-state index contributed by atoms with van der Waals surface area (Å²) in [5, 5.41) is 0.521. The van der Waals surface area contributed by atoms with Gasteiger partial charge in [-0.25, -0.2) is 8.78 Å². The highest BCUT2D eigenvalue weighted by Crippen LogP contribution is 2.39. The quantitative estimate of drug-likeness (QED) is 0.199. The zero-order chi connectivity index (χ0) is 34.8. The summed E-state index contributed by atoms with van der Waals surface area (Å²) in [4.78, 5) is 44.7. The van der Waals surface area contributed by atoms with Crippen LogP contribution < -0.4 is 31.1 Å². The number of nitrogens with zero attached hydrogens (tertiary/aromatic N) is 2. The Balaban J connectivity index is 1.53. The molecule has 5 aromatic rings. The molecule has 1 aliphatic heterocycles. The van der Waals surface area contributed by atoms with E-state index in [9.17, 15) is 18.8 Å². The standard InChI is InChI=1S/C36H32F2N4O7/c1-46-28-16-23-25(17-29(28)47-2)41-12-9-26(23)49-27-8-5-21(15-24(27)38)32-31(35(39)44)34(43)30(20-3-6-22(37)7-4-20)33(36(40)45)42(32)18-19-10-13-48-14-11-19/h3-9,12,15-17,19H,10-11,13-14,18H2,1-2H3,(H2,39,44)(H2,40,45). The van der Waals surface area contributed by atoms with Gasteiger partial charge < -0.3 is 35.0 Å². The first-order valence-electron chi connectivity index (χ1n) is 15.3. The minimum Gasteiger partial charge on any atom is -0.493 e. The predicted octanol–water partition coefficient (Wildman–Crippen LogP) is 5.44. The molecule has 13 heteroatoms. The molecule has 4 N–H and O–H groups in total. The second kappa shape index (κ2) is 13.7. The van der Waals surface area contributed by atoms with Crippen molar-refractivity contribution in [3.05, 3.63) is 100.0 Å². The number of amides is 2. The third kappa shape index (κ3) is 6.40. The van der Waals surface area contributed by atoms with Gasteiger partial charge in [-0.3, -0.25) is 19.4 Å². The lowest BCUT2D eigenvalue weighted by Crippen LogP contribution is -2.34. The van der Waals surface area contributed by atoms with Crippen LogP contribution in [0.4, 0.5) is 8.78 Å². The summed E-state index contributed by atoms with van der Waals surface area (Å²) < 4.78 is 53.6. The minimum absolute atomic E-state index is 0.0575. The molecule has 0 radical (unpaired) electrons. The van der Waals surface area contributed by atoms with Gasteiger partial charge in [0, 0.05) is 43.0 Å². The fraction of sp³-hybridized carbons (Fsp3) is 0.222. The van der Waals surface area contributed by atoms with Crippen molar-refractivity contribution in [3.63, 3.8) is 0 Å². The topological polar surface area (TPSA) is 158 Å². The number of methoxy groups -OCH3 is 2. The van der Waals surface area contributed by atoms with Crippen LogP contribution >= 0.6 is 0 Å². The minimum atomic E-state index is -1.10. The molecule has 1 saturated heterocycles. The summed E-state index contributed by atoms with van der Waals surface area (Å²) in [5.74, 6) is -2.59. The largest absolute Gasteiger partial charge is 0.493 e. The van der Waals surface area contributed by atoms with Crippen molar-refractivity contribution >= 4 is 22.7 Å². The number of carbonyl (C=O) groups is 2. The number of hydrogen-bond acceptors (Lipinski definition) is 8. The molecule has 3 heterocycles. The number of halogens is 2. The zero-order valence-corrected chi connectivity index (χ0v) is 26.6. The van der Waals surface area contributed by atoms with E-state index < -0.39 is 34.4 Å². The van der Waals surface area contributed by atoms with Gasteiger partial charge in [-0.1, -0.05) is 12.1 Å². The molecule has 49 heavy (non-hydrogen) atoms. The van der Waals surface area contributed by atoms with Gasteiger partial charge in [0.2, 0.25) is 5.43 Å². The van der Waals surface area contributed by atoms with Gasteiger partial charge in [0.15, 0.2) is 23.1 Å². The van der Waals surface area contributed by atoms with Gasteiger partial charge in [0.25, 0.3) is 11.8 Å². The number of rotatable bonds is 10. The zero-order valence-electron chi connectivity index (χ0n) is 26.6. The van der Waals surface area contributed by atoms with Gasteiger partial charge >= 0.3 is 0 Å². The van der Waals surface area contributed by atoms with Crippen LogP contribution in [0.1, 0.15) is 33.7 Å². The third-order valence-corrected chi connectivity index (χ3v) is 8.49. The van der Waals surface area contributed by atoms with Crippen LogP contribution in [-0.4, -0.2) is 48.8 Å². The van der Waals surface area contributed by atoms with E-state index in [4.69, 9.17) is 30.4 Å². The van der Waals surface area contributed by atoms with E-state index in [1.54, 1.807) is 18.2 Å². The van der Waals surface area contributed by atoms with Crippen LogP contribution in [0.5, 0.6) is 23.0 Å². The van der Waals surface area contributed by atoms with Crippen LogP contribution in [0.25, 0.3) is 33.3 Å². The fourth-order valence-corrected chi connectivity index (χ4v) is 6.15. The Labute approximate surface area is 279 Å². The molecule has 0 bridgehead atoms. The van der Waals surface area contributed by atoms with Gasteiger partial charge in [0.05, 0.1) is 31.0 Å². The Kier molecular flexibility index (Phi) is 9.27. The highest BCUT2D eigenvalue weighted by molar-refractivity contribution is 6.05. The first-order chi connectivity index (χ1) is 23.6.